The van der Waals surface area contributed by atoms with Crippen LogP contribution < -0.4 is 9.64 Å². The number of fused-ring (bicyclic) bond motifs is 1. The van der Waals surface area contributed by atoms with Crippen molar-refractivity contribution >= 4 is 11.6 Å². The van der Waals surface area contributed by atoms with Gasteiger partial charge >= 0.3 is 0 Å². The molecule has 7 heteroatoms. The van der Waals surface area contributed by atoms with Gasteiger partial charge < -0.3 is 19.1 Å². The molecule has 4 aromatic rings. The molecule has 1 aliphatic rings. The van der Waals surface area contributed by atoms with Crippen molar-refractivity contribution in [3.8, 4) is 28.3 Å². The van der Waals surface area contributed by atoms with Gasteiger partial charge in [-0.1, -0.05) is 29.4 Å². The molecule has 1 aliphatic heterocycles. The minimum Gasteiger partial charge on any atom is -0.496 e. The number of nitrogens with zero attached hydrogens (tertiary/aromatic N) is 4. The molecule has 1 unspecified atom stereocenters. The molecule has 1 aromatic heterocycles. The summed E-state index contributed by atoms with van der Waals surface area (Å²) in [6.07, 6.45) is 2.72. The Morgan fingerprint density at radius 2 is 1.82 bits per heavy atom. The minimum absolute atomic E-state index is 0.0267. The van der Waals surface area contributed by atoms with E-state index in [1.807, 2.05) is 35.2 Å². The van der Waals surface area contributed by atoms with Gasteiger partial charge in [-0.25, -0.2) is 0 Å². The van der Waals surface area contributed by atoms with E-state index in [4.69, 9.17) is 9.26 Å². The van der Waals surface area contributed by atoms with E-state index in [1.165, 1.54) is 0 Å². The lowest BCUT2D eigenvalue weighted by atomic mass is 9.94. The second-order valence-electron chi connectivity index (χ2n) is 10.6. The fourth-order valence-corrected chi connectivity index (χ4v) is 5.21. The van der Waals surface area contributed by atoms with Crippen LogP contribution >= 0.6 is 0 Å². The predicted octanol–water partition coefficient (Wildman–Crippen LogP) is 6.11. The van der Waals surface area contributed by atoms with Gasteiger partial charge in [0.05, 0.1) is 7.11 Å². The monoisotopic (exact) mass is 524 g/mol. The Hall–Kier alpha value is -3.97. The molecule has 5 rings (SSSR count). The molecule has 2 heterocycles. The number of rotatable bonds is 7. The maximum atomic E-state index is 13.7. The molecule has 0 aliphatic carbocycles. The summed E-state index contributed by atoms with van der Waals surface area (Å²) in [7, 11) is 5.89. The number of carbonyl (C=O) groups excluding carboxylic acids is 1. The Labute approximate surface area is 230 Å². The third-order valence-corrected chi connectivity index (χ3v) is 7.70. The zero-order valence-electron chi connectivity index (χ0n) is 23.6. The molecule has 0 N–H and O–H groups in total. The number of ether oxygens (including phenoxy) is 1. The third-order valence-electron chi connectivity index (χ3n) is 7.70. The number of benzene rings is 3. The van der Waals surface area contributed by atoms with E-state index in [9.17, 15) is 4.79 Å². The highest BCUT2D eigenvalue weighted by atomic mass is 16.5. The highest BCUT2D eigenvalue weighted by Gasteiger charge is 2.26. The Kier molecular flexibility index (Phi) is 7.53. The molecular formula is C32H36N4O3. The third kappa shape index (κ3) is 5.45. The maximum Gasteiger partial charge on any atom is 0.258 e. The van der Waals surface area contributed by atoms with Crippen LogP contribution in [0.4, 0.5) is 5.69 Å². The van der Waals surface area contributed by atoms with Crippen molar-refractivity contribution in [1.29, 1.82) is 0 Å². The van der Waals surface area contributed by atoms with Crippen molar-refractivity contribution in [1.82, 2.24) is 15.0 Å². The van der Waals surface area contributed by atoms with Crippen LogP contribution in [-0.2, 0) is 12.8 Å². The van der Waals surface area contributed by atoms with Gasteiger partial charge in [0.1, 0.15) is 5.75 Å². The van der Waals surface area contributed by atoms with Gasteiger partial charge in [-0.05, 0) is 105 Å². The molecule has 0 radical (unpaired) electrons. The van der Waals surface area contributed by atoms with Crippen molar-refractivity contribution in [2.24, 2.45) is 0 Å². The van der Waals surface area contributed by atoms with Crippen molar-refractivity contribution < 1.29 is 14.1 Å². The first-order chi connectivity index (χ1) is 18.7. The molecule has 39 heavy (non-hydrogen) atoms. The summed E-state index contributed by atoms with van der Waals surface area (Å²) in [5.74, 6) is 2.06. The number of amides is 1. The van der Waals surface area contributed by atoms with Crippen molar-refractivity contribution in [2.45, 2.75) is 46.1 Å². The lowest BCUT2D eigenvalue weighted by Crippen LogP contribution is -2.35. The van der Waals surface area contributed by atoms with Gasteiger partial charge in [0.2, 0.25) is 11.7 Å². The Bertz CT molecular complexity index is 1490. The van der Waals surface area contributed by atoms with E-state index < -0.39 is 0 Å². The summed E-state index contributed by atoms with van der Waals surface area (Å²) in [4.78, 5) is 22.2. The number of likely N-dealkylation sites (N-methyl/N-ethyl adjacent to an activating group) is 1. The first-order valence-corrected chi connectivity index (χ1v) is 13.4. The van der Waals surface area contributed by atoms with Crippen molar-refractivity contribution in [2.75, 3.05) is 32.6 Å². The van der Waals surface area contributed by atoms with Gasteiger partial charge in [-0.3, -0.25) is 4.79 Å². The molecule has 1 amide bonds. The summed E-state index contributed by atoms with van der Waals surface area (Å²) < 4.78 is 10.9. The zero-order chi connectivity index (χ0) is 27.7. The molecule has 0 saturated carbocycles. The molecule has 0 spiro atoms. The number of hydrogen-bond acceptors (Lipinski definition) is 6. The summed E-state index contributed by atoms with van der Waals surface area (Å²) in [5, 5.41) is 4.02. The van der Waals surface area contributed by atoms with Gasteiger partial charge in [0.15, 0.2) is 0 Å². The fourth-order valence-electron chi connectivity index (χ4n) is 5.21. The Balaban J connectivity index is 1.40. The molecule has 0 saturated heterocycles. The van der Waals surface area contributed by atoms with Gasteiger partial charge in [0.25, 0.3) is 5.91 Å². The lowest BCUT2D eigenvalue weighted by Gasteiger charge is -2.31. The van der Waals surface area contributed by atoms with Gasteiger partial charge in [-0.15, -0.1) is 0 Å². The smallest absolute Gasteiger partial charge is 0.258 e. The van der Waals surface area contributed by atoms with Crippen LogP contribution in [0.15, 0.2) is 59.1 Å². The van der Waals surface area contributed by atoms with E-state index >= 15 is 0 Å². The normalized spacial score (nSPS) is 13.9. The number of anilines is 1. The second-order valence-corrected chi connectivity index (χ2v) is 10.6. The predicted molar refractivity (Wildman–Crippen MR) is 154 cm³/mol. The van der Waals surface area contributed by atoms with Gasteiger partial charge in [0, 0.05) is 36.3 Å². The number of carbonyl (C=O) groups is 1. The van der Waals surface area contributed by atoms with Gasteiger partial charge in [-0.2, -0.15) is 4.98 Å². The van der Waals surface area contributed by atoms with Crippen LogP contribution in [0.5, 0.6) is 5.75 Å². The van der Waals surface area contributed by atoms with Crippen LogP contribution in [0.2, 0.25) is 0 Å². The van der Waals surface area contributed by atoms with Crippen molar-refractivity contribution in [3.05, 3.63) is 82.7 Å². The maximum absolute atomic E-state index is 13.7. The molecule has 0 fully saturated rings. The topological polar surface area (TPSA) is 71.7 Å². The average molecular weight is 525 g/mol. The number of aryl methyl sites for hydroxylation is 3. The van der Waals surface area contributed by atoms with E-state index in [0.29, 0.717) is 29.9 Å². The summed E-state index contributed by atoms with van der Waals surface area (Å²) in [5.41, 5.74) is 8.16. The summed E-state index contributed by atoms with van der Waals surface area (Å²) in [6, 6.07) is 18.7. The fraction of sp³-hybridized carbons (Fsp3) is 0.344. The second kappa shape index (κ2) is 11.0. The van der Waals surface area contributed by atoms with Crippen LogP contribution in [0.1, 0.15) is 46.3 Å². The molecule has 3 aromatic carbocycles. The Morgan fingerprint density at radius 1 is 1.08 bits per heavy atom. The highest BCUT2D eigenvalue weighted by Crippen LogP contribution is 2.36. The van der Waals surface area contributed by atoms with Crippen LogP contribution in [0.25, 0.3) is 22.5 Å². The Morgan fingerprint density at radius 3 is 2.46 bits per heavy atom. The first-order valence-electron chi connectivity index (χ1n) is 13.4. The summed E-state index contributed by atoms with van der Waals surface area (Å²) >= 11 is 0. The van der Waals surface area contributed by atoms with Crippen molar-refractivity contribution in [3.63, 3.8) is 0 Å². The number of aromatic nitrogens is 2. The van der Waals surface area contributed by atoms with E-state index in [2.05, 4.69) is 67.2 Å². The van der Waals surface area contributed by atoms with E-state index in [0.717, 1.165) is 64.1 Å². The average Bonchev–Trinajstić information content (AvgIpc) is 3.38. The first kappa shape index (κ1) is 26.6. The molecule has 1 atom stereocenters. The quantitative estimate of drug-likeness (QED) is 0.290. The highest BCUT2D eigenvalue weighted by molar-refractivity contribution is 6.07. The zero-order valence-corrected chi connectivity index (χ0v) is 23.6. The van der Waals surface area contributed by atoms with E-state index in [1.54, 1.807) is 14.0 Å². The van der Waals surface area contributed by atoms with Crippen LogP contribution in [0.3, 0.4) is 0 Å². The minimum atomic E-state index is 0.0267. The largest absolute Gasteiger partial charge is 0.496 e. The molecule has 0 bridgehead atoms. The summed E-state index contributed by atoms with van der Waals surface area (Å²) in [6.45, 7) is 6.76. The molecule has 7 nitrogen and oxygen atoms in total. The molecule has 202 valence electrons. The SMILES string of the molecule is COc1cc2c(cc1CC(C)N(C)C)N(C(=O)c1ccc(-c3ccc(-c4noc(C)n4)cc3C)cc1)CCC2. The number of hydrogen-bond donors (Lipinski definition) is 0. The lowest BCUT2D eigenvalue weighted by molar-refractivity contribution is 0.0985. The van der Waals surface area contributed by atoms with Crippen LogP contribution in [-0.4, -0.2) is 54.7 Å². The standard InChI is InChI=1S/C32H36N4O3/c1-20-16-26(31-33-22(3)39-34-31)13-14-28(20)23-9-11-24(12-10-23)32(37)36-15-7-8-25-19-30(38-6)27(18-29(25)36)17-21(2)35(4)5/h9-14,16,18-19,21H,7-8,15,17H2,1-6H3. The van der Waals surface area contributed by atoms with Crippen LogP contribution in [0, 0.1) is 13.8 Å². The van der Waals surface area contributed by atoms with E-state index in [-0.39, 0.29) is 5.91 Å². The molecular weight excluding hydrogens is 488 g/mol. The number of methoxy groups -OCH3 is 1.